The molecule has 348 valence electrons. The zero-order chi connectivity index (χ0) is 47.9. The number of nitrogens with two attached hydrogens (primary N) is 2. The summed E-state index contributed by atoms with van der Waals surface area (Å²) in [6, 6.07) is 14.1. The maximum Gasteiger partial charge on any atom is 0.336 e. The number of aliphatic carboxylic acids is 2. The van der Waals surface area contributed by atoms with Gasteiger partial charge in [0.15, 0.2) is 0 Å². The summed E-state index contributed by atoms with van der Waals surface area (Å²) >= 11 is 12.8. The first kappa shape index (κ1) is 54.1. The van der Waals surface area contributed by atoms with Gasteiger partial charge in [0.05, 0.1) is 99.4 Å². The van der Waals surface area contributed by atoms with Crippen molar-refractivity contribution >= 4 is 59.0 Å². The Morgan fingerprint density at radius 1 is 0.609 bits per heavy atom. The zero-order valence-corrected chi connectivity index (χ0v) is 37.8. The molecule has 2 aromatic rings. The van der Waals surface area contributed by atoms with Crippen LogP contribution in [0.25, 0.3) is 0 Å². The van der Waals surface area contributed by atoms with Gasteiger partial charge in [-0.15, -0.1) is 0 Å². The van der Waals surface area contributed by atoms with Crippen molar-refractivity contribution in [2.75, 3.05) is 67.0 Å². The van der Waals surface area contributed by atoms with E-state index in [1.807, 2.05) is 0 Å². The molecule has 0 radical (unpaired) electrons. The van der Waals surface area contributed by atoms with Crippen LogP contribution < -0.4 is 22.1 Å². The Hall–Kier alpha value is -6.02. The summed E-state index contributed by atoms with van der Waals surface area (Å²) in [5.74, 6) is -6.24. The monoisotopic (exact) mass is 932 g/mol. The van der Waals surface area contributed by atoms with Crippen LogP contribution in [-0.2, 0) is 57.2 Å². The first-order chi connectivity index (χ1) is 30.5. The van der Waals surface area contributed by atoms with Gasteiger partial charge in [0.25, 0.3) is 0 Å². The predicted octanol–water partition coefficient (Wildman–Crippen LogP) is 4.24. The molecule has 18 nitrogen and oxygen atoms in total. The van der Waals surface area contributed by atoms with Gasteiger partial charge in [0.2, 0.25) is 0 Å². The largest absolute Gasteiger partial charge is 0.478 e. The number of hydrogen-bond donors (Lipinski definition) is 6. The van der Waals surface area contributed by atoms with Crippen LogP contribution in [0.5, 0.6) is 0 Å². The third kappa shape index (κ3) is 15.4. The van der Waals surface area contributed by atoms with Gasteiger partial charge in [-0.2, -0.15) is 0 Å². The highest BCUT2D eigenvalue weighted by Gasteiger charge is 2.41. The molecular formula is C44H54Cl2N4O14. The fourth-order valence-corrected chi connectivity index (χ4v) is 6.87. The highest BCUT2D eigenvalue weighted by atomic mass is 35.5. The number of halogens is 2. The minimum atomic E-state index is -1.26. The summed E-state index contributed by atoms with van der Waals surface area (Å²) in [5, 5.41) is 22.7. The number of hydrogen-bond acceptors (Lipinski definition) is 16. The number of carboxylic acids is 2. The smallest absolute Gasteiger partial charge is 0.336 e. The summed E-state index contributed by atoms with van der Waals surface area (Å²) in [6.45, 7) is 8.83. The minimum Gasteiger partial charge on any atom is -0.478 e. The van der Waals surface area contributed by atoms with Gasteiger partial charge in [0.1, 0.15) is 0 Å². The van der Waals surface area contributed by atoms with Crippen molar-refractivity contribution in [2.45, 2.75) is 39.5 Å². The van der Waals surface area contributed by atoms with Crippen LogP contribution in [0, 0.1) is 0 Å². The number of carboxylic acid groups (broad SMARTS) is 2. The third-order valence-electron chi connectivity index (χ3n) is 8.91. The molecule has 4 rings (SSSR count). The van der Waals surface area contributed by atoms with E-state index in [0.717, 1.165) is 0 Å². The lowest BCUT2D eigenvalue weighted by molar-refractivity contribution is -0.140. The zero-order valence-electron chi connectivity index (χ0n) is 36.3. The predicted molar refractivity (Wildman–Crippen MR) is 236 cm³/mol. The number of esters is 4. The third-order valence-corrected chi connectivity index (χ3v) is 9.60. The number of rotatable bonds is 18. The number of benzene rings is 2. The average Bonchev–Trinajstić information content (AvgIpc) is 3.26. The molecule has 64 heavy (non-hydrogen) atoms. The SMILES string of the molecule is CCOC(=O)C1=C(COCCN)NC(C)=C(C(=O)OC)C1c1ccccc1Cl.CCOC(=O)C1=C(COCCN)NC(C)=C(C(=O)OC)C1c1ccccc1Cl.O=C(O)/C=C\C(=O)O. The molecule has 2 atom stereocenters. The first-order valence-electron chi connectivity index (χ1n) is 19.7. The van der Waals surface area contributed by atoms with Crippen molar-refractivity contribution in [1.82, 2.24) is 10.6 Å². The maximum atomic E-state index is 12.9. The van der Waals surface area contributed by atoms with Crippen molar-refractivity contribution in [3.05, 3.63) is 127 Å². The van der Waals surface area contributed by atoms with Crippen LogP contribution in [0.3, 0.4) is 0 Å². The molecule has 20 heteroatoms. The molecule has 0 bridgehead atoms. The second-order valence-electron chi connectivity index (χ2n) is 13.1. The van der Waals surface area contributed by atoms with Crippen molar-refractivity contribution < 1.29 is 67.4 Å². The van der Waals surface area contributed by atoms with Crippen LogP contribution in [0.1, 0.15) is 50.7 Å². The molecule has 2 heterocycles. The fraction of sp³-hybridized carbons (Fsp3) is 0.364. The molecule has 0 spiro atoms. The number of carbonyl (C=O) groups is 6. The van der Waals surface area contributed by atoms with Crippen molar-refractivity contribution in [3.8, 4) is 0 Å². The summed E-state index contributed by atoms with van der Waals surface area (Å²) in [7, 11) is 2.58. The lowest BCUT2D eigenvalue weighted by Gasteiger charge is -2.31. The molecule has 2 aliphatic rings. The molecule has 0 amide bonds. The first-order valence-corrected chi connectivity index (χ1v) is 20.4. The number of nitrogens with one attached hydrogen (secondary N) is 2. The van der Waals surface area contributed by atoms with E-state index in [0.29, 0.717) is 93.6 Å². The van der Waals surface area contributed by atoms with Crippen LogP contribution >= 0.6 is 23.2 Å². The molecule has 0 aliphatic carbocycles. The van der Waals surface area contributed by atoms with Gasteiger partial charge < -0.3 is 60.7 Å². The number of ether oxygens (including phenoxy) is 6. The number of methoxy groups -OCH3 is 2. The van der Waals surface area contributed by atoms with E-state index >= 15 is 0 Å². The molecule has 0 saturated carbocycles. The second-order valence-corrected chi connectivity index (χ2v) is 14.0. The molecule has 2 aromatic carbocycles. The minimum absolute atomic E-state index is 0.109. The second kappa shape index (κ2) is 27.9. The molecule has 2 aliphatic heterocycles. The van der Waals surface area contributed by atoms with Crippen molar-refractivity contribution in [2.24, 2.45) is 11.5 Å². The molecule has 8 N–H and O–H groups in total. The van der Waals surface area contributed by atoms with Gasteiger partial charge in [0, 0.05) is 46.7 Å². The van der Waals surface area contributed by atoms with Crippen molar-refractivity contribution in [3.63, 3.8) is 0 Å². The van der Waals surface area contributed by atoms with Crippen LogP contribution in [0.15, 0.2) is 106 Å². The maximum absolute atomic E-state index is 12.9. The number of carbonyl (C=O) groups excluding carboxylic acids is 4. The van der Waals surface area contributed by atoms with Crippen LogP contribution in [0.2, 0.25) is 10.0 Å². The highest BCUT2D eigenvalue weighted by molar-refractivity contribution is 6.32. The van der Waals surface area contributed by atoms with Crippen molar-refractivity contribution in [1.29, 1.82) is 0 Å². The molecule has 0 saturated heterocycles. The standard InChI is InChI=1S/2C20H25ClN2O5.C4H4O4/c2*1-4-28-20(25)18-15(11-27-10-9-22)23-12(2)16(19(24)26-3)17(18)13-7-5-6-8-14(13)21;5-3(6)1-2-4(7)8/h2*5-8,17,23H,4,9-11,22H2,1-3H3;1-2H,(H,5,6)(H,7,8)/b;;2-1-. The topological polar surface area (TPSA) is 274 Å². The van der Waals surface area contributed by atoms with E-state index in [4.69, 9.17) is 73.3 Å². The highest BCUT2D eigenvalue weighted by Crippen LogP contribution is 2.43. The normalized spacial score (nSPS) is 15.8. The molecule has 2 unspecified atom stereocenters. The summed E-state index contributed by atoms with van der Waals surface area (Å²) < 4.78 is 31.6. The van der Waals surface area contributed by atoms with E-state index in [1.165, 1.54) is 14.2 Å². The van der Waals surface area contributed by atoms with E-state index in [-0.39, 0.29) is 37.6 Å². The van der Waals surface area contributed by atoms with Gasteiger partial charge in [-0.05, 0) is 51.0 Å². The Morgan fingerprint density at radius 2 is 0.953 bits per heavy atom. The lowest BCUT2D eigenvalue weighted by Crippen LogP contribution is -2.35. The Kier molecular flexibility index (Phi) is 23.6. The van der Waals surface area contributed by atoms with E-state index in [2.05, 4.69) is 10.6 Å². The number of allylic oxidation sites excluding steroid dienone is 2. The van der Waals surface area contributed by atoms with Gasteiger partial charge >= 0.3 is 35.8 Å². The lowest BCUT2D eigenvalue weighted by atomic mass is 9.80. The fourth-order valence-electron chi connectivity index (χ4n) is 6.38. The van der Waals surface area contributed by atoms with Crippen LogP contribution in [-0.4, -0.2) is 113 Å². The Labute approximate surface area is 380 Å². The van der Waals surface area contributed by atoms with Gasteiger partial charge in [-0.1, -0.05) is 59.6 Å². The number of dihydropyridines is 2. The quantitative estimate of drug-likeness (QED) is 0.0528. The Bertz CT molecular complexity index is 2020. The summed E-state index contributed by atoms with van der Waals surface area (Å²) in [5.41, 5.74) is 15.4. The summed E-state index contributed by atoms with van der Waals surface area (Å²) in [6.07, 6.45) is 1.12. The average molecular weight is 934 g/mol. The Balaban J connectivity index is 0.000000376. The summed E-state index contributed by atoms with van der Waals surface area (Å²) in [4.78, 5) is 70.0. The van der Waals surface area contributed by atoms with E-state index < -0.39 is 47.7 Å². The van der Waals surface area contributed by atoms with E-state index in [1.54, 1.807) is 76.2 Å². The Morgan fingerprint density at radius 3 is 1.23 bits per heavy atom. The van der Waals surface area contributed by atoms with Gasteiger partial charge in [-0.3, -0.25) is 0 Å². The molecule has 0 aromatic heterocycles. The molecule has 0 fully saturated rings. The van der Waals surface area contributed by atoms with E-state index in [9.17, 15) is 28.8 Å². The molecular weight excluding hydrogens is 879 g/mol. The van der Waals surface area contributed by atoms with Crippen LogP contribution in [0.4, 0.5) is 0 Å². The van der Waals surface area contributed by atoms with Gasteiger partial charge in [-0.25, -0.2) is 28.8 Å².